The van der Waals surface area contributed by atoms with Gasteiger partial charge in [0.1, 0.15) is 0 Å². The van der Waals surface area contributed by atoms with Crippen LogP contribution in [-0.2, 0) is 0 Å². The Morgan fingerprint density at radius 1 is 1.73 bits per heavy atom. The molecule has 4 heteroatoms. The summed E-state index contributed by atoms with van der Waals surface area (Å²) in [6.07, 6.45) is 3.41. The quantitative estimate of drug-likeness (QED) is 0.662. The SMILES string of the molecule is CC1=CC(Cl)C(O)(Br)C(Cl)=C1. The van der Waals surface area contributed by atoms with Gasteiger partial charge in [-0.05, 0) is 28.9 Å². The van der Waals surface area contributed by atoms with E-state index in [-0.39, 0.29) is 0 Å². The molecule has 11 heavy (non-hydrogen) atoms. The Hall–Kier alpha value is 0.500. The highest BCUT2D eigenvalue weighted by Gasteiger charge is 2.36. The van der Waals surface area contributed by atoms with E-state index in [1.165, 1.54) is 0 Å². The van der Waals surface area contributed by atoms with Crippen molar-refractivity contribution in [2.75, 3.05) is 0 Å². The number of hydrogen-bond acceptors (Lipinski definition) is 1. The summed E-state index contributed by atoms with van der Waals surface area (Å²) in [6, 6.07) is 0. The van der Waals surface area contributed by atoms with Gasteiger partial charge in [-0.15, -0.1) is 11.6 Å². The first-order chi connectivity index (χ1) is 4.94. The molecule has 0 spiro atoms. The largest absolute Gasteiger partial charge is 0.372 e. The normalized spacial score (nSPS) is 38.1. The molecule has 0 saturated heterocycles. The zero-order chi connectivity index (χ0) is 8.65. The minimum Gasteiger partial charge on any atom is -0.372 e. The standard InChI is InChI=1S/C7H7BrCl2O/c1-4-2-5(9)7(8,11)6(10)3-4/h2-3,5,11H,1H3. The molecular formula is C7H7BrCl2O. The number of rotatable bonds is 0. The van der Waals surface area contributed by atoms with Gasteiger partial charge >= 0.3 is 0 Å². The molecule has 62 valence electrons. The second-order valence-electron chi connectivity index (χ2n) is 2.48. The summed E-state index contributed by atoms with van der Waals surface area (Å²) in [5, 5.41) is 9.37. The monoisotopic (exact) mass is 256 g/mol. The van der Waals surface area contributed by atoms with Crippen molar-refractivity contribution < 1.29 is 5.11 Å². The molecule has 0 aromatic carbocycles. The predicted molar refractivity (Wildman–Crippen MR) is 51.2 cm³/mol. The van der Waals surface area contributed by atoms with E-state index in [1.54, 1.807) is 12.2 Å². The van der Waals surface area contributed by atoms with Gasteiger partial charge in [-0.2, -0.15) is 0 Å². The maximum absolute atomic E-state index is 9.57. The first-order valence-corrected chi connectivity index (χ1v) is 4.67. The summed E-state index contributed by atoms with van der Waals surface area (Å²) in [5.74, 6) is 0. The summed E-state index contributed by atoms with van der Waals surface area (Å²) in [4.78, 5) is 0. The number of hydrogen-bond donors (Lipinski definition) is 1. The van der Waals surface area contributed by atoms with Crippen LogP contribution in [0.1, 0.15) is 6.92 Å². The van der Waals surface area contributed by atoms with Crippen molar-refractivity contribution in [3.05, 3.63) is 22.8 Å². The maximum Gasteiger partial charge on any atom is 0.175 e. The molecule has 0 saturated carbocycles. The molecule has 1 aliphatic rings. The summed E-state index contributed by atoms with van der Waals surface area (Å²) < 4.78 is -1.30. The van der Waals surface area contributed by atoms with Gasteiger partial charge in [-0.1, -0.05) is 23.3 Å². The molecule has 1 nitrogen and oxygen atoms in total. The highest BCUT2D eigenvalue weighted by atomic mass is 79.9. The van der Waals surface area contributed by atoms with Crippen molar-refractivity contribution in [3.63, 3.8) is 0 Å². The molecule has 2 unspecified atom stereocenters. The van der Waals surface area contributed by atoms with Crippen molar-refractivity contribution in [2.45, 2.75) is 16.8 Å². The maximum atomic E-state index is 9.57. The van der Waals surface area contributed by atoms with Gasteiger partial charge in [0.2, 0.25) is 0 Å². The van der Waals surface area contributed by atoms with Crippen molar-refractivity contribution in [2.24, 2.45) is 0 Å². The van der Waals surface area contributed by atoms with Crippen molar-refractivity contribution in [3.8, 4) is 0 Å². The lowest BCUT2D eigenvalue weighted by atomic mass is 10.1. The highest BCUT2D eigenvalue weighted by Crippen LogP contribution is 2.38. The molecule has 1 N–H and O–H groups in total. The number of halogens is 3. The van der Waals surface area contributed by atoms with Gasteiger partial charge in [-0.3, -0.25) is 0 Å². The average Bonchev–Trinajstić information content (AvgIpc) is 1.84. The van der Waals surface area contributed by atoms with E-state index < -0.39 is 9.89 Å². The first-order valence-electron chi connectivity index (χ1n) is 3.06. The van der Waals surface area contributed by atoms with E-state index in [4.69, 9.17) is 23.2 Å². The van der Waals surface area contributed by atoms with Crippen LogP contribution >= 0.6 is 39.1 Å². The number of alkyl halides is 2. The fraction of sp³-hybridized carbons (Fsp3) is 0.429. The molecule has 1 aliphatic carbocycles. The van der Waals surface area contributed by atoms with Crippen LogP contribution in [0.25, 0.3) is 0 Å². The van der Waals surface area contributed by atoms with Crippen LogP contribution in [0.3, 0.4) is 0 Å². The Bertz CT molecular complexity index is 233. The molecule has 1 rings (SSSR count). The average molecular weight is 258 g/mol. The molecule has 0 heterocycles. The lowest BCUT2D eigenvalue weighted by Gasteiger charge is -2.27. The van der Waals surface area contributed by atoms with Crippen molar-refractivity contribution in [1.82, 2.24) is 0 Å². The van der Waals surface area contributed by atoms with Gasteiger partial charge < -0.3 is 5.11 Å². The summed E-state index contributed by atoms with van der Waals surface area (Å²) in [7, 11) is 0. The van der Waals surface area contributed by atoms with Gasteiger partial charge in [0.05, 0.1) is 10.4 Å². The van der Waals surface area contributed by atoms with Crippen LogP contribution in [0.5, 0.6) is 0 Å². The van der Waals surface area contributed by atoms with Gasteiger partial charge in [0.15, 0.2) is 4.51 Å². The van der Waals surface area contributed by atoms with Crippen LogP contribution in [0.4, 0.5) is 0 Å². The molecular weight excluding hydrogens is 251 g/mol. The van der Waals surface area contributed by atoms with Crippen LogP contribution < -0.4 is 0 Å². The molecule has 0 fully saturated rings. The Morgan fingerprint density at radius 3 is 2.73 bits per heavy atom. The van der Waals surface area contributed by atoms with Crippen LogP contribution in [0, 0.1) is 0 Å². The summed E-state index contributed by atoms with van der Waals surface area (Å²) in [6.45, 7) is 1.88. The molecule has 0 bridgehead atoms. The van der Waals surface area contributed by atoms with E-state index in [2.05, 4.69) is 15.9 Å². The second kappa shape index (κ2) is 3.09. The van der Waals surface area contributed by atoms with E-state index >= 15 is 0 Å². The zero-order valence-electron chi connectivity index (χ0n) is 5.81. The Morgan fingerprint density at radius 2 is 2.27 bits per heavy atom. The van der Waals surface area contributed by atoms with E-state index in [0.717, 1.165) is 5.57 Å². The highest BCUT2D eigenvalue weighted by molar-refractivity contribution is 9.10. The lowest BCUT2D eigenvalue weighted by Crippen LogP contribution is -2.33. The molecule has 0 aliphatic heterocycles. The third kappa shape index (κ3) is 1.81. The third-order valence-electron chi connectivity index (χ3n) is 1.46. The molecule has 0 amide bonds. The summed E-state index contributed by atoms with van der Waals surface area (Å²) >= 11 is 14.6. The molecule has 0 aromatic heterocycles. The minimum atomic E-state index is -1.30. The van der Waals surface area contributed by atoms with Crippen LogP contribution in [0.15, 0.2) is 22.8 Å². The summed E-state index contributed by atoms with van der Waals surface area (Å²) in [5.41, 5.74) is 0.958. The van der Waals surface area contributed by atoms with E-state index in [0.29, 0.717) is 5.03 Å². The molecule has 0 aromatic rings. The molecule has 2 atom stereocenters. The predicted octanol–water partition coefficient (Wildman–Crippen LogP) is 2.76. The Kier molecular flexibility index (Phi) is 2.70. The van der Waals surface area contributed by atoms with Crippen LogP contribution in [-0.4, -0.2) is 15.0 Å². The van der Waals surface area contributed by atoms with E-state index in [1.807, 2.05) is 6.92 Å². The van der Waals surface area contributed by atoms with Crippen molar-refractivity contribution in [1.29, 1.82) is 0 Å². The second-order valence-corrected chi connectivity index (χ2v) is 4.56. The topological polar surface area (TPSA) is 20.2 Å². The molecule has 0 radical (unpaired) electrons. The zero-order valence-corrected chi connectivity index (χ0v) is 8.91. The van der Waals surface area contributed by atoms with Gasteiger partial charge in [-0.25, -0.2) is 0 Å². The smallest absolute Gasteiger partial charge is 0.175 e. The lowest BCUT2D eigenvalue weighted by molar-refractivity contribution is 0.195. The van der Waals surface area contributed by atoms with Crippen molar-refractivity contribution >= 4 is 39.1 Å². The third-order valence-corrected chi connectivity index (χ3v) is 3.72. The fourth-order valence-corrected chi connectivity index (χ4v) is 1.73. The minimum absolute atomic E-state index is 0.317. The Labute approximate surface area is 83.8 Å². The number of aliphatic hydroxyl groups is 1. The Balaban J connectivity index is 3.01. The number of allylic oxidation sites excluding steroid dienone is 2. The van der Waals surface area contributed by atoms with Gasteiger partial charge in [0.25, 0.3) is 0 Å². The van der Waals surface area contributed by atoms with E-state index in [9.17, 15) is 5.11 Å². The first kappa shape index (κ1) is 9.59. The van der Waals surface area contributed by atoms with Crippen LogP contribution in [0.2, 0.25) is 0 Å². The fourth-order valence-electron chi connectivity index (χ4n) is 0.822. The van der Waals surface area contributed by atoms with Gasteiger partial charge in [0, 0.05) is 0 Å².